The topological polar surface area (TPSA) is 71.1 Å². The fraction of sp³-hybridized carbons (Fsp3) is 0.222. The van der Waals surface area contributed by atoms with Crippen molar-refractivity contribution in [3.8, 4) is 11.5 Å². The standard InChI is InChI=1S/C36H34O6/c1-4-26-13-18-31-32(23-26)34(40-20-22-42-36(38)28-16-11-25(3)12-17-28)30-8-6-5-7-29(30)33(31)39-19-21-41-35(37)27-14-9-24(2)10-15-27/h5-18,23H,4,19-22H2,1-3H3. The van der Waals surface area contributed by atoms with Gasteiger partial charge in [-0.2, -0.15) is 0 Å². The SMILES string of the molecule is CCc1ccc2c(OCCOC(=O)c3ccc(C)cc3)c3ccccc3c(OCCOC(=O)c3ccc(C)cc3)c2c1. The van der Waals surface area contributed by atoms with Crippen LogP contribution < -0.4 is 9.47 Å². The molecule has 0 saturated carbocycles. The summed E-state index contributed by atoms with van der Waals surface area (Å²) < 4.78 is 23.5. The first-order chi connectivity index (χ1) is 20.4. The van der Waals surface area contributed by atoms with Crippen LogP contribution in [-0.4, -0.2) is 38.4 Å². The highest BCUT2D eigenvalue weighted by Gasteiger charge is 2.17. The van der Waals surface area contributed by atoms with E-state index in [0.717, 1.165) is 44.7 Å². The van der Waals surface area contributed by atoms with Crippen LogP contribution in [0.25, 0.3) is 21.5 Å². The minimum atomic E-state index is -0.382. The van der Waals surface area contributed by atoms with Gasteiger partial charge in [-0.05, 0) is 56.2 Å². The lowest BCUT2D eigenvalue weighted by atomic mass is 9.98. The van der Waals surface area contributed by atoms with E-state index in [9.17, 15) is 9.59 Å². The molecule has 42 heavy (non-hydrogen) atoms. The Morgan fingerprint density at radius 2 is 1.00 bits per heavy atom. The van der Waals surface area contributed by atoms with Gasteiger partial charge in [0.2, 0.25) is 0 Å². The third kappa shape index (κ3) is 6.55. The minimum Gasteiger partial charge on any atom is -0.489 e. The molecule has 0 bridgehead atoms. The van der Waals surface area contributed by atoms with Crippen LogP contribution in [0.3, 0.4) is 0 Å². The first-order valence-corrected chi connectivity index (χ1v) is 14.1. The lowest BCUT2D eigenvalue weighted by Gasteiger charge is -2.18. The zero-order chi connectivity index (χ0) is 29.5. The fourth-order valence-electron chi connectivity index (χ4n) is 4.78. The van der Waals surface area contributed by atoms with Crippen LogP contribution in [0.4, 0.5) is 0 Å². The molecule has 6 nitrogen and oxygen atoms in total. The molecule has 0 radical (unpaired) electrons. The summed E-state index contributed by atoms with van der Waals surface area (Å²) in [5.74, 6) is 0.648. The van der Waals surface area contributed by atoms with Gasteiger partial charge in [-0.25, -0.2) is 9.59 Å². The first-order valence-electron chi connectivity index (χ1n) is 14.1. The second-order valence-corrected chi connectivity index (χ2v) is 10.1. The average molecular weight is 563 g/mol. The number of aryl methyl sites for hydroxylation is 3. The van der Waals surface area contributed by atoms with Crippen molar-refractivity contribution in [1.29, 1.82) is 0 Å². The monoisotopic (exact) mass is 562 g/mol. The van der Waals surface area contributed by atoms with E-state index in [1.54, 1.807) is 24.3 Å². The van der Waals surface area contributed by atoms with Crippen LogP contribution in [0, 0.1) is 13.8 Å². The van der Waals surface area contributed by atoms with Crippen molar-refractivity contribution in [1.82, 2.24) is 0 Å². The van der Waals surface area contributed by atoms with E-state index in [2.05, 4.69) is 19.1 Å². The molecule has 6 heteroatoms. The number of esters is 2. The molecule has 5 rings (SSSR count). The number of fused-ring (bicyclic) bond motifs is 2. The predicted octanol–water partition coefficient (Wildman–Crippen LogP) is 7.64. The molecule has 0 fully saturated rings. The van der Waals surface area contributed by atoms with Crippen LogP contribution in [-0.2, 0) is 15.9 Å². The van der Waals surface area contributed by atoms with Crippen molar-refractivity contribution in [3.63, 3.8) is 0 Å². The third-order valence-electron chi connectivity index (χ3n) is 7.10. The highest BCUT2D eigenvalue weighted by Crippen LogP contribution is 2.43. The molecule has 214 valence electrons. The molecular formula is C36H34O6. The summed E-state index contributed by atoms with van der Waals surface area (Å²) in [7, 11) is 0. The Kier molecular flexibility index (Phi) is 9.02. The summed E-state index contributed by atoms with van der Waals surface area (Å²) in [6.45, 7) is 6.66. The average Bonchev–Trinajstić information content (AvgIpc) is 3.01. The number of hydrogen-bond acceptors (Lipinski definition) is 6. The maximum atomic E-state index is 12.5. The van der Waals surface area contributed by atoms with Crippen molar-refractivity contribution in [2.45, 2.75) is 27.2 Å². The molecule has 0 aliphatic heterocycles. The van der Waals surface area contributed by atoms with E-state index in [1.165, 1.54) is 0 Å². The Labute approximate surface area is 245 Å². The molecule has 0 aliphatic rings. The molecule has 0 atom stereocenters. The molecule has 0 aliphatic carbocycles. The summed E-state index contributed by atoms with van der Waals surface area (Å²) >= 11 is 0. The number of carbonyl (C=O) groups is 2. The smallest absolute Gasteiger partial charge is 0.338 e. The summed E-state index contributed by atoms with van der Waals surface area (Å²) in [6, 6.07) is 28.7. The number of rotatable bonds is 11. The Bertz CT molecular complexity index is 1700. The van der Waals surface area contributed by atoms with Crippen molar-refractivity contribution in [3.05, 3.63) is 119 Å². The lowest BCUT2D eigenvalue weighted by molar-refractivity contribution is 0.0443. The van der Waals surface area contributed by atoms with E-state index < -0.39 is 0 Å². The second kappa shape index (κ2) is 13.2. The van der Waals surface area contributed by atoms with Gasteiger partial charge in [-0.3, -0.25) is 0 Å². The molecule has 0 spiro atoms. The maximum Gasteiger partial charge on any atom is 0.338 e. The highest BCUT2D eigenvalue weighted by molar-refractivity contribution is 6.11. The van der Waals surface area contributed by atoms with Gasteiger partial charge in [-0.1, -0.05) is 78.7 Å². The van der Waals surface area contributed by atoms with Crippen molar-refractivity contribution < 1.29 is 28.5 Å². The zero-order valence-corrected chi connectivity index (χ0v) is 24.1. The summed E-state index contributed by atoms with van der Waals surface area (Å²) in [6.07, 6.45) is 0.863. The third-order valence-corrected chi connectivity index (χ3v) is 7.10. The molecule has 0 N–H and O–H groups in total. The molecule has 5 aromatic carbocycles. The predicted molar refractivity (Wildman–Crippen MR) is 165 cm³/mol. The summed E-state index contributed by atoms with van der Waals surface area (Å²) in [5, 5.41) is 3.56. The molecule has 0 saturated heterocycles. The second-order valence-electron chi connectivity index (χ2n) is 10.1. The molecule has 5 aromatic rings. The van der Waals surface area contributed by atoms with Gasteiger partial charge in [0.1, 0.15) is 37.9 Å². The number of benzene rings is 5. The van der Waals surface area contributed by atoms with Crippen LogP contribution >= 0.6 is 0 Å². The van der Waals surface area contributed by atoms with Crippen molar-refractivity contribution >= 4 is 33.5 Å². The van der Waals surface area contributed by atoms with Gasteiger partial charge in [0, 0.05) is 21.5 Å². The number of hydrogen-bond donors (Lipinski definition) is 0. The number of ether oxygens (including phenoxy) is 4. The van der Waals surface area contributed by atoms with Crippen molar-refractivity contribution in [2.75, 3.05) is 26.4 Å². The normalized spacial score (nSPS) is 10.9. The van der Waals surface area contributed by atoms with Crippen LogP contribution in [0.5, 0.6) is 11.5 Å². The largest absolute Gasteiger partial charge is 0.489 e. The first kappa shape index (κ1) is 28.7. The van der Waals surface area contributed by atoms with Crippen LogP contribution in [0.1, 0.15) is 44.3 Å². The fourth-order valence-corrected chi connectivity index (χ4v) is 4.78. The minimum absolute atomic E-state index is 0.111. The molecule has 0 aromatic heterocycles. The molecule has 0 heterocycles. The van der Waals surface area contributed by atoms with Gasteiger partial charge in [0.15, 0.2) is 0 Å². The van der Waals surface area contributed by atoms with E-state index in [-0.39, 0.29) is 38.4 Å². The van der Waals surface area contributed by atoms with Crippen LogP contribution in [0.2, 0.25) is 0 Å². The Balaban J connectivity index is 1.34. The quantitative estimate of drug-likeness (QED) is 0.0936. The summed E-state index contributed by atoms with van der Waals surface area (Å²) in [4.78, 5) is 24.9. The highest BCUT2D eigenvalue weighted by atomic mass is 16.6. The van der Waals surface area contributed by atoms with Gasteiger partial charge in [0.05, 0.1) is 11.1 Å². The molecular weight excluding hydrogens is 528 g/mol. The van der Waals surface area contributed by atoms with Crippen LogP contribution in [0.15, 0.2) is 91.0 Å². The van der Waals surface area contributed by atoms with Gasteiger partial charge in [0.25, 0.3) is 0 Å². The van der Waals surface area contributed by atoms with Crippen molar-refractivity contribution in [2.24, 2.45) is 0 Å². The Morgan fingerprint density at radius 1 is 0.548 bits per heavy atom. The van der Waals surface area contributed by atoms with Gasteiger partial charge in [-0.15, -0.1) is 0 Å². The van der Waals surface area contributed by atoms with Gasteiger partial charge >= 0.3 is 11.9 Å². The molecule has 0 amide bonds. The Hall–Kier alpha value is -4.84. The van der Waals surface area contributed by atoms with E-state index in [4.69, 9.17) is 18.9 Å². The van der Waals surface area contributed by atoms with E-state index in [0.29, 0.717) is 22.6 Å². The number of carbonyl (C=O) groups excluding carboxylic acids is 2. The van der Waals surface area contributed by atoms with E-state index >= 15 is 0 Å². The van der Waals surface area contributed by atoms with Gasteiger partial charge < -0.3 is 18.9 Å². The molecule has 0 unspecified atom stereocenters. The summed E-state index contributed by atoms with van der Waals surface area (Å²) in [5.41, 5.74) is 4.34. The zero-order valence-electron chi connectivity index (χ0n) is 24.1. The maximum absolute atomic E-state index is 12.5. The lowest BCUT2D eigenvalue weighted by Crippen LogP contribution is -2.13. The van der Waals surface area contributed by atoms with E-state index in [1.807, 2.05) is 68.4 Å². The Morgan fingerprint density at radius 3 is 1.48 bits per heavy atom.